The van der Waals surface area contributed by atoms with Crippen LogP contribution in [0, 0.1) is 5.92 Å². The second-order valence-electron chi connectivity index (χ2n) is 7.35. The molecule has 0 aromatic carbocycles. The van der Waals surface area contributed by atoms with E-state index in [-0.39, 0.29) is 0 Å². The summed E-state index contributed by atoms with van der Waals surface area (Å²) in [7, 11) is 2.16. The molecular formula is C16H29N3. The van der Waals surface area contributed by atoms with Gasteiger partial charge in [0.05, 0.1) is 0 Å². The highest BCUT2D eigenvalue weighted by Crippen LogP contribution is 2.41. The summed E-state index contributed by atoms with van der Waals surface area (Å²) < 4.78 is 0. The topological polar surface area (TPSA) is 18.5 Å². The average Bonchev–Trinajstić information content (AvgIpc) is 2.47. The van der Waals surface area contributed by atoms with E-state index in [0.717, 1.165) is 30.1 Å². The van der Waals surface area contributed by atoms with E-state index in [1.165, 1.54) is 64.6 Å². The van der Waals surface area contributed by atoms with Crippen molar-refractivity contribution in [2.75, 3.05) is 26.7 Å². The normalized spacial score (nSPS) is 50.4. The van der Waals surface area contributed by atoms with Crippen LogP contribution in [0.3, 0.4) is 0 Å². The molecule has 3 heteroatoms. The molecule has 3 unspecified atom stereocenters. The van der Waals surface area contributed by atoms with Gasteiger partial charge in [-0.2, -0.15) is 0 Å². The van der Waals surface area contributed by atoms with E-state index in [0.29, 0.717) is 0 Å². The lowest BCUT2D eigenvalue weighted by Gasteiger charge is -2.58. The molecular weight excluding hydrogens is 234 g/mol. The Morgan fingerprint density at radius 3 is 2.16 bits per heavy atom. The summed E-state index contributed by atoms with van der Waals surface area (Å²) in [5, 5.41) is 3.55. The van der Waals surface area contributed by atoms with Gasteiger partial charge in [-0.1, -0.05) is 6.42 Å². The summed E-state index contributed by atoms with van der Waals surface area (Å²) in [6.07, 6.45) is 10.1. The van der Waals surface area contributed by atoms with Gasteiger partial charge in [-0.3, -0.25) is 4.90 Å². The number of hydrogen-bond donors (Lipinski definition) is 1. The Bertz CT molecular complexity index is 310. The molecule has 108 valence electrons. The molecule has 1 N–H and O–H groups in total. The first-order valence-corrected chi connectivity index (χ1v) is 8.52. The molecule has 0 aliphatic carbocycles. The Hall–Kier alpha value is -0.120. The van der Waals surface area contributed by atoms with Crippen molar-refractivity contribution in [2.24, 2.45) is 5.92 Å². The highest BCUT2D eigenvalue weighted by Gasteiger charge is 2.46. The molecule has 5 aliphatic rings. The zero-order chi connectivity index (χ0) is 12.8. The average molecular weight is 263 g/mol. The molecule has 5 aliphatic heterocycles. The van der Waals surface area contributed by atoms with Gasteiger partial charge in [-0.05, 0) is 64.6 Å². The highest BCUT2D eigenvalue weighted by atomic mass is 15.3. The third kappa shape index (κ3) is 2.14. The van der Waals surface area contributed by atoms with Gasteiger partial charge in [0, 0.05) is 30.7 Å². The predicted molar refractivity (Wildman–Crippen MR) is 78.3 cm³/mol. The van der Waals surface area contributed by atoms with Crippen LogP contribution in [0.4, 0.5) is 0 Å². The fourth-order valence-corrected chi connectivity index (χ4v) is 5.47. The minimum atomic E-state index is 0.785. The standard InChI is InChI=1S/C16H29N3/c1-17-13-9-14-3-2-4-15(10-13)19(14)16-11-18-7-5-12(16)6-8-18/h12-17H,2-11H2,1H3. The first-order chi connectivity index (χ1) is 9.35. The van der Waals surface area contributed by atoms with Crippen LogP contribution in [0.5, 0.6) is 0 Å². The van der Waals surface area contributed by atoms with Crippen molar-refractivity contribution in [3.05, 3.63) is 0 Å². The van der Waals surface area contributed by atoms with Crippen molar-refractivity contribution in [1.29, 1.82) is 0 Å². The molecule has 5 heterocycles. The van der Waals surface area contributed by atoms with Crippen LogP contribution in [-0.4, -0.2) is 60.6 Å². The number of rotatable bonds is 2. The summed E-state index contributed by atoms with van der Waals surface area (Å²) in [4.78, 5) is 5.73. The number of fused-ring (bicyclic) bond motifs is 6. The summed E-state index contributed by atoms with van der Waals surface area (Å²) >= 11 is 0. The molecule has 0 aromatic rings. The lowest BCUT2D eigenvalue weighted by Crippen LogP contribution is -2.66. The van der Waals surface area contributed by atoms with Crippen molar-refractivity contribution in [3.63, 3.8) is 0 Å². The van der Waals surface area contributed by atoms with E-state index in [9.17, 15) is 0 Å². The van der Waals surface area contributed by atoms with Crippen LogP contribution in [0.2, 0.25) is 0 Å². The maximum atomic E-state index is 3.55. The van der Waals surface area contributed by atoms with Crippen LogP contribution < -0.4 is 5.32 Å². The quantitative estimate of drug-likeness (QED) is 0.818. The van der Waals surface area contributed by atoms with Crippen molar-refractivity contribution < 1.29 is 0 Å². The molecule has 0 saturated carbocycles. The fraction of sp³-hybridized carbons (Fsp3) is 1.00. The zero-order valence-corrected chi connectivity index (χ0v) is 12.4. The van der Waals surface area contributed by atoms with Crippen molar-refractivity contribution in [3.8, 4) is 0 Å². The molecule has 3 nitrogen and oxygen atoms in total. The summed E-state index contributed by atoms with van der Waals surface area (Å²) in [5.41, 5.74) is 0. The van der Waals surface area contributed by atoms with Crippen LogP contribution in [0.1, 0.15) is 44.9 Å². The van der Waals surface area contributed by atoms with Gasteiger partial charge in [0.15, 0.2) is 0 Å². The van der Waals surface area contributed by atoms with Gasteiger partial charge >= 0.3 is 0 Å². The van der Waals surface area contributed by atoms with Crippen LogP contribution in [0.25, 0.3) is 0 Å². The van der Waals surface area contributed by atoms with Gasteiger partial charge in [0.2, 0.25) is 0 Å². The lowest BCUT2D eigenvalue weighted by atomic mass is 9.75. The second kappa shape index (κ2) is 5.01. The number of piperidine rings is 5. The van der Waals surface area contributed by atoms with Crippen molar-refractivity contribution in [2.45, 2.75) is 69.1 Å². The van der Waals surface area contributed by atoms with Crippen LogP contribution >= 0.6 is 0 Å². The molecule has 5 rings (SSSR count). The van der Waals surface area contributed by atoms with Crippen molar-refractivity contribution >= 4 is 0 Å². The van der Waals surface area contributed by atoms with E-state index in [4.69, 9.17) is 0 Å². The van der Waals surface area contributed by atoms with E-state index in [2.05, 4.69) is 22.2 Å². The Kier molecular flexibility index (Phi) is 3.33. The SMILES string of the molecule is CNC1CC2CCCC(C1)N2C1CN2CCC1CC2. The van der Waals surface area contributed by atoms with Gasteiger partial charge < -0.3 is 10.2 Å². The van der Waals surface area contributed by atoms with E-state index < -0.39 is 0 Å². The van der Waals surface area contributed by atoms with Gasteiger partial charge in [-0.25, -0.2) is 0 Å². The maximum Gasteiger partial charge on any atom is 0.0258 e. The molecule has 0 radical (unpaired) electrons. The van der Waals surface area contributed by atoms with E-state index >= 15 is 0 Å². The van der Waals surface area contributed by atoms with E-state index in [1.54, 1.807) is 0 Å². The largest absolute Gasteiger partial charge is 0.317 e. The van der Waals surface area contributed by atoms with Gasteiger partial charge in [-0.15, -0.1) is 0 Å². The Morgan fingerprint density at radius 2 is 1.63 bits per heavy atom. The first-order valence-electron chi connectivity index (χ1n) is 8.52. The monoisotopic (exact) mass is 263 g/mol. The smallest absolute Gasteiger partial charge is 0.0258 e. The molecule has 5 fully saturated rings. The van der Waals surface area contributed by atoms with Gasteiger partial charge in [0.1, 0.15) is 0 Å². The highest BCUT2D eigenvalue weighted by molar-refractivity contribution is 5.02. The molecule has 4 bridgehead atoms. The van der Waals surface area contributed by atoms with Crippen LogP contribution in [0.15, 0.2) is 0 Å². The third-order valence-electron chi connectivity index (χ3n) is 6.44. The lowest BCUT2D eigenvalue weighted by molar-refractivity contribution is -0.0763. The van der Waals surface area contributed by atoms with Crippen LogP contribution in [-0.2, 0) is 0 Å². The third-order valence-corrected chi connectivity index (χ3v) is 6.44. The fourth-order valence-electron chi connectivity index (χ4n) is 5.47. The zero-order valence-electron chi connectivity index (χ0n) is 12.4. The number of hydrogen-bond acceptors (Lipinski definition) is 3. The molecule has 0 spiro atoms. The van der Waals surface area contributed by atoms with Gasteiger partial charge in [0.25, 0.3) is 0 Å². The molecule has 0 aromatic heterocycles. The molecule has 19 heavy (non-hydrogen) atoms. The predicted octanol–water partition coefficient (Wildman–Crippen LogP) is 1.69. The minimum Gasteiger partial charge on any atom is -0.317 e. The number of nitrogens with zero attached hydrogens (tertiary/aromatic N) is 2. The maximum absolute atomic E-state index is 3.55. The minimum absolute atomic E-state index is 0.785. The summed E-state index contributed by atoms with van der Waals surface area (Å²) in [6, 6.07) is 3.45. The van der Waals surface area contributed by atoms with E-state index in [1.807, 2.05) is 0 Å². The molecule has 3 atom stereocenters. The summed E-state index contributed by atoms with van der Waals surface area (Å²) in [5.74, 6) is 1.01. The first kappa shape index (κ1) is 12.6. The second-order valence-corrected chi connectivity index (χ2v) is 7.35. The Morgan fingerprint density at radius 1 is 0.947 bits per heavy atom. The number of nitrogens with one attached hydrogen (secondary N) is 1. The Balaban J connectivity index is 1.54. The molecule has 5 saturated heterocycles. The summed E-state index contributed by atoms with van der Waals surface area (Å²) in [6.45, 7) is 4.13. The van der Waals surface area contributed by atoms with Crippen molar-refractivity contribution in [1.82, 2.24) is 15.1 Å². The Labute approximate surface area is 117 Å². The molecule has 0 amide bonds.